The zero-order chi connectivity index (χ0) is 9.80. The van der Waals surface area contributed by atoms with E-state index in [9.17, 15) is 0 Å². The van der Waals surface area contributed by atoms with Gasteiger partial charge in [-0.25, -0.2) is 0 Å². The van der Waals surface area contributed by atoms with E-state index in [0.29, 0.717) is 20.3 Å². The van der Waals surface area contributed by atoms with E-state index in [0.717, 1.165) is 10.1 Å². The Morgan fingerprint density at radius 1 is 1.07 bits per heavy atom. The Labute approximate surface area is 88.8 Å². The number of aliphatic imine (C=N–C) groups is 1. The summed E-state index contributed by atoms with van der Waals surface area (Å²) in [4.78, 5) is 6.48. The number of para-hydroxylation sites is 1. The fourth-order valence-electron chi connectivity index (χ4n) is 1.12. The molecule has 0 spiro atoms. The average molecular weight is 249 g/mol. The molecule has 2 nitrogen and oxygen atoms in total. The van der Waals surface area contributed by atoms with Gasteiger partial charge in [-0.1, -0.05) is 0 Å². The molecule has 1 aromatic carbocycles. The molecule has 70 valence electrons. The van der Waals surface area contributed by atoms with E-state index in [2.05, 4.69) is 9.93 Å². The van der Waals surface area contributed by atoms with Crippen LogP contribution in [0.25, 0.3) is 0 Å². The van der Waals surface area contributed by atoms with Crippen LogP contribution in [0.3, 0.4) is 0 Å². The summed E-state index contributed by atoms with van der Waals surface area (Å²) in [6.07, 6.45) is 0. The Bertz CT molecular complexity index is 418. The van der Waals surface area contributed by atoms with Crippen LogP contribution in [-0.4, -0.2) is 20.3 Å². The van der Waals surface area contributed by atoms with Gasteiger partial charge in [0.15, 0.2) is 0 Å². The van der Waals surface area contributed by atoms with Crippen LogP contribution in [0.15, 0.2) is 52.4 Å². The summed E-state index contributed by atoms with van der Waals surface area (Å²) in [6, 6.07) is 13.8. The number of amidine groups is 1. The van der Waals surface area contributed by atoms with Crippen LogP contribution < -0.4 is 5.73 Å². The van der Waals surface area contributed by atoms with Gasteiger partial charge < -0.3 is 0 Å². The van der Waals surface area contributed by atoms with Gasteiger partial charge in [-0.2, -0.15) is 0 Å². The molecule has 0 saturated heterocycles. The van der Waals surface area contributed by atoms with Crippen molar-refractivity contribution in [2.75, 3.05) is 0 Å². The first-order valence-corrected chi connectivity index (χ1v) is 6.14. The molecule has 2 rings (SSSR count). The van der Waals surface area contributed by atoms with Crippen LogP contribution in [0, 0.1) is 0 Å². The van der Waals surface area contributed by atoms with Crippen LogP contribution in [-0.2, 0) is 0 Å². The van der Waals surface area contributed by atoms with Gasteiger partial charge in [-0.05, 0) is 0 Å². The molecule has 0 saturated carbocycles. The molecule has 0 bridgehead atoms. The SMILES string of the molecule is NC(=Nc1ccccc1)c1ccc[se]1. The Kier molecular flexibility index (Phi) is 2.82. The standard InChI is InChI=1S/C11H10N2Se/c12-11(10-7-4-8-14-10)13-9-5-2-1-3-6-9/h1-8H,(H2,12,13). The number of nitrogens with two attached hydrogens (primary N) is 1. The summed E-state index contributed by atoms with van der Waals surface area (Å²) < 4.78 is 1.15. The van der Waals surface area contributed by atoms with Crippen molar-refractivity contribution in [1.29, 1.82) is 0 Å². The molecule has 0 amide bonds. The van der Waals surface area contributed by atoms with Gasteiger partial charge >= 0.3 is 88.6 Å². The summed E-state index contributed by atoms with van der Waals surface area (Å²) >= 11 is 0.363. The molecule has 0 fully saturated rings. The fourth-order valence-corrected chi connectivity index (χ4v) is 2.44. The van der Waals surface area contributed by atoms with Gasteiger partial charge in [0.25, 0.3) is 0 Å². The first-order chi connectivity index (χ1) is 6.86. The van der Waals surface area contributed by atoms with Crippen molar-refractivity contribution in [3.05, 3.63) is 51.8 Å². The first-order valence-electron chi connectivity index (χ1n) is 4.29. The molecule has 0 atom stereocenters. The minimum atomic E-state index is 0.363. The monoisotopic (exact) mass is 250 g/mol. The predicted octanol–water partition coefficient (Wildman–Crippen LogP) is 1.78. The predicted molar refractivity (Wildman–Crippen MR) is 60.2 cm³/mol. The number of hydrogen-bond donors (Lipinski definition) is 1. The third-order valence-electron chi connectivity index (χ3n) is 1.78. The molecule has 0 radical (unpaired) electrons. The molecule has 2 N–H and O–H groups in total. The quantitative estimate of drug-likeness (QED) is 0.492. The summed E-state index contributed by atoms with van der Waals surface area (Å²) in [5, 5.41) is 0. The van der Waals surface area contributed by atoms with Crippen molar-refractivity contribution >= 4 is 26.0 Å². The van der Waals surface area contributed by atoms with Crippen molar-refractivity contribution in [3.8, 4) is 0 Å². The van der Waals surface area contributed by atoms with Gasteiger partial charge in [-0.3, -0.25) is 0 Å². The van der Waals surface area contributed by atoms with Gasteiger partial charge in [0, 0.05) is 0 Å². The maximum atomic E-state index is 5.87. The summed E-state index contributed by atoms with van der Waals surface area (Å²) in [5.74, 6) is 0.640. The van der Waals surface area contributed by atoms with Crippen molar-refractivity contribution in [3.63, 3.8) is 0 Å². The molecule has 14 heavy (non-hydrogen) atoms. The van der Waals surface area contributed by atoms with E-state index in [1.807, 2.05) is 42.5 Å². The van der Waals surface area contributed by atoms with E-state index < -0.39 is 0 Å². The van der Waals surface area contributed by atoms with E-state index >= 15 is 0 Å². The van der Waals surface area contributed by atoms with Crippen molar-refractivity contribution in [1.82, 2.24) is 0 Å². The number of nitrogens with zero attached hydrogens (tertiary/aromatic N) is 1. The van der Waals surface area contributed by atoms with Crippen molar-refractivity contribution in [2.24, 2.45) is 10.7 Å². The second kappa shape index (κ2) is 4.27. The normalized spacial score (nSPS) is 11.6. The zero-order valence-electron chi connectivity index (χ0n) is 7.55. The Balaban J connectivity index is 2.28. The van der Waals surface area contributed by atoms with E-state index in [4.69, 9.17) is 5.73 Å². The van der Waals surface area contributed by atoms with Crippen molar-refractivity contribution < 1.29 is 0 Å². The molecular weight excluding hydrogens is 239 g/mol. The Hall–Kier alpha value is -1.31. The van der Waals surface area contributed by atoms with E-state index in [1.54, 1.807) is 0 Å². The Morgan fingerprint density at radius 3 is 2.50 bits per heavy atom. The second-order valence-electron chi connectivity index (χ2n) is 2.81. The minimum absolute atomic E-state index is 0.363. The topological polar surface area (TPSA) is 38.4 Å². The molecule has 0 aliphatic heterocycles. The number of hydrogen-bond acceptors (Lipinski definition) is 1. The van der Waals surface area contributed by atoms with Crippen LogP contribution >= 0.6 is 0 Å². The number of benzene rings is 1. The molecule has 0 unspecified atom stereocenters. The Morgan fingerprint density at radius 2 is 1.86 bits per heavy atom. The fraction of sp³-hybridized carbons (Fsp3) is 0. The summed E-state index contributed by atoms with van der Waals surface area (Å²) in [7, 11) is 0. The molecule has 0 aliphatic carbocycles. The van der Waals surface area contributed by atoms with Gasteiger partial charge in [0.1, 0.15) is 0 Å². The zero-order valence-corrected chi connectivity index (χ0v) is 9.26. The summed E-state index contributed by atoms with van der Waals surface area (Å²) in [6.45, 7) is 0. The first kappa shape index (κ1) is 9.25. The van der Waals surface area contributed by atoms with E-state index in [1.165, 1.54) is 0 Å². The molecule has 3 heteroatoms. The molecular formula is C11H10N2Se. The third-order valence-corrected chi connectivity index (χ3v) is 3.65. The summed E-state index contributed by atoms with van der Waals surface area (Å²) in [5.41, 5.74) is 6.78. The van der Waals surface area contributed by atoms with Crippen LogP contribution in [0.1, 0.15) is 4.44 Å². The van der Waals surface area contributed by atoms with Crippen LogP contribution in [0.4, 0.5) is 5.69 Å². The van der Waals surface area contributed by atoms with Crippen molar-refractivity contribution in [2.45, 2.75) is 0 Å². The van der Waals surface area contributed by atoms with Crippen LogP contribution in [0.5, 0.6) is 0 Å². The van der Waals surface area contributed by atoms with Crippen LogP contribution in [0.2, 0.25) is 0 Å². The molecule has 1 aromatic heterocycles. The average Bonchev–Trinajstić information content (AvgIpc) is 2.72. The second-order valence-corrected chi connectivity index (χ2v) is 4.80. The molecule has 1 heterocycles. The molecule has 2 aromatic rings. The third kappa shape index (κ3) is 2.13. The maximum absolute atomic E-state index is 5.87. The van der Waals surface area contributed by atoms with Gasteiger partial charge in [-0.15, -0.1) is 0 Å². The van der Waals surface area contributed by atoms with E-state index in [-0.39, 0.29) is 0 Å². The molecule has 0 aliphatic rings. The van der Waals surface area contributed by atoms with Gasteiger partial charge in [0.2, 0.25) is 0 Å². The number of rotatable bonds is 2. The van der Waals surface area contributed by atoms with Gasteiger partial charge in [0.05, 0.1) is 0 Å².